The van der Waals surface area contributed by atoms with Gasteiger partial charge in [0.15, 0.2) is 5.82 Å². The fraction of sp³-hybridized carbons (Fsp3) is 0.231. The Labute approximate surface area is 193 Å². The number of hydrogen-bond donors (Lipinski definition) is 1. The van der Waals surface area contributed by atoms with Crippen molar-refractivity contribution in [3.05, 3.63) is 96.1 Å². The summed E-state index contributed by atoms with van der Waals surface area (Å²) >= 11 is 0. The normalized spacial score (nSPS) is 15.2. The van der Waals surface area contributed by atoms with Gasteiger partial charge in [0, 0.05) is 55.9 Å². The lowest BCUT2D eigenvalue weighted by Crippen LogP contribution is -2.48. The first kappa shape index (κ1) is 20.9. The van der Waals surface area contributed by atoms with Gasteiger partial charge in [0.2, 0.25) is 0 Å². The van der Waals surface area contributed by atoms with Crippen LogP contribution in [0.4, 0.5) is 5.82 Å². The predicted molar refractivity (Wildman–Crippen MR) is 127 cm³/mol. The quantitative estimate of drug-likeness (QED) is 0.495. The van der Waals surface area contributed by atoms with Gasteiger partial charge in [-0.1, -0.05) is 54.6 Å². The molecule has 0 spiro atoms. The van der Waals surface area contributed by atoms with E-state index < -0.39 is 0 Å². The van der Waals surface area contributed by atoms with E-state index in [0.29, 0.717) is 6.42 Å². The molecule has 0 saturated carbocycles. The summed E-state index contributed by atoms with van der Waals surface area (Å²) in [7, 11) is 0. The molecule has 5 rings (SSSR count). The zero-order chi connectivity index (χ0) is 22.5. The fourth-order valence-corrected chi connectivity index (χ4v) is 4.49. The molecule has 164 valence electrons. The third kappa shape index (κ3) is 4.47. The fourth-order valence-electron chi connectivity index (χ4n) is 4.49. The third-order valence-corrected chi connectivity index (χ3v) is 6.12. The summed E-state index contributed by atoms with van der Waals surface area (Å²) in [5.41, 5.74) is 5.34. The van der Waals surface area contributed by atoms with Crippen molar-refractivity contribution >= 4 is 5.82 Å². The monoisotopic (exact) mass is 435 g/mol. The second-order valence-electron chi connectivity index (χ2n) is 8.13. The highest BCUT2D eigenvalue weighted by atomic mass is 15.3. The van der Waals surface area contributed by atoms with Crippen LogP contribution >= 0.6 is 0 Å². The summed E-state index contributed by atoms with van der Waals surface area (Å²) in [5.74, 6) is 0.907. The average molecular weight is 436 g/mol. The molecule has 1 N–H and O–H groups in total. The van der Waals surface area contributed by atoms with E-state index in [4.69, 9.17) is 10.2 Å². The Morgan fingerprint density at radius 2 is 1.67 bits per heavy atom. The Balaban J connectivity index is 1.36. The van der Waals surface area contributed by atoms with Gasteiger partial charge in [-0.05, 0) is 11.1 Å². The minimum atomic E-state index is 0.168. The number of aromatic nitrogens is 4. The number of hydrogen-bond acceptors (Lipinski definition) is 6. The van der Waals surface area contributed by atoms with Crippen LogP contribution in [-0.4, -0.2) is 51.2 Å². The summed E-state index contributed by atoms with van der Waals surface area (Å²) in [6, 6.07) is 21.0. The molecule has 0 amide bonds. The Bertz CT molecular complexity index is 1210. The number of nitrogens with zero attached hydrogens (tertiary/aromatic N) is 6. The number of H-pyrrole nitrogens is 1. The van der Waals surface area contributed by atoms with E-state index >= 15 is 0 Å². The maximum atomic E-state index is 8.93. The van der Waals surface area contributed by atoms with Gasteiger partial charge in [0.05, 0.1) is 24.7 Å². The van der Waals surface area contributed by atoms with Crippen molar-refractivity contribution in [2.24, 2.45) is 0 Å². The topological polar surface area (TPSA) is 84.7 Å². The molecule has 7 nitrogen and oxygen atoms in total. The number of rotatable bonds is 6. The molecular weight excluding hydrogens is 410 g/mol. The van der Waals surface area contributed by atoms with Crippen LogP contribution in [0.1, 0.15) is 22.7 Å². The molecule has 0 radical (unpaired) electrons. The van der Waals surface area contributed by atoms with E-state index in [1.807, 2.05) is 36.7 Å². The molecular formula is C26H25N7. The van der Waals surface area contributed by atoms with Gasteiger partial charge in [-0.2, -0.15) is 10.4 Å². The SMILES string of the molecule is N#CCc1ccc(-c2nccnc2N2CCN(C(c3ccccc3)c3cn[nH]c3)CC2)cc1. The van der Waals surface area contributed by atoms with Crippen molar-refractivity contribution in [3.63, 3.8) is 0 Å². The molecule has 1 saturated heterocycles. The van der Waals surface area contributed by atoms with E-state index in [1.54, 1.807) is 12.4 Å². The highest BCUT2D eigenvalue weighted by Crippen LogP contribution is 2.32. The number of aromatic amines is 1. The minimum absolute atomic E-state index is 0.168. The Kier molecular flexibility index (Phi) is 6.09. The van der Waals surface area contributed by atoms with E-state index in [-0.39, 0.29) is 6.04 Å². The van der Waals surface area contributed by atoms with Crippen molar-refractivity contribution in [1.82, 2.24) is 25.1 Å². The molecule has 7 heteroatoms. The zero-order valence-electron chi connectivity index (χ0n) is 18.3. The van der Waals surface area contributed by atoms with Crippen molar-refractivity contribution in [1.29, 1.82) is 5.26 Å². The number of nitriles is 1. The lowest BCUT2D eigenvalue weighted by molar-refractivity contribution is 0.212. The lowest BCUT2D eigenvalue weighted by atomic mass is 9.99. The summed E-state index contributed by atoms with van der Waals surface area (Å²) in [6.07, 6.45) is 7.81. The van der Waals surface area contributed by atoms with Crippen LogP contribution in [0.15, 0.2) is 79.4 Å². The van der Waals surface area contributed by atoms with Crippen LogP contribution in [0.3, 0.4) is 0 Å². The molecule has 1 aliphatic rings. The Morgan fingerprint density at radius 3 is 2.36 bits per heavy atom. The lowest BCUT2D eigenvalue weighted by Gasteiger charge is -2.40. The molecule has 3 heterocycles. The first-order chi connectivity index (χ1) is 16.3. The van der Waals surface area contributed by atoms with Crippen LogP contribution in [0.25, 0.3) is 11.3 Å². The highest BCUT2D eigenvalue weighted by molar-refractivity contribution is 5.72. The van der Waals surface area contributed by atoms with Crippen LogP contribution in [0.5, 0.6) is 0 Å². The van der Waals surface area contributed by atoms with Crippen LogP contribution in [0.2, 0.25) is 0 Å². The van der Waals surface area contributed by atoms with E-state index in [2.05, 4.69) is 61.4 Å². The number of piperazine rings is 1. The van der Waals surface area contributed by atoms with Crippen LogP contribution < -0.4 is 4.90 Å². The van der Waals surface area contributed by atoms with Crippen molar-refractivity contribution in [2.45, 2.75) is 12.5 Å². The van der Waals surface area contributed by atoms with Crippen molar-refractivity contribution in [3.8, 4) is 17.3 Å². The van der Waals surface area contributed by atoms with E-state index in [1.165, 1.54) is 11.1 Å². The van der Waals surface area contributed by atoms with Crippen LogP contribution in [-0.2, 0) is 6.42 Å². The molecule has 2 aromatic carbocycles. The molecule has 4 aromatic rings. The highest BCUT2D eigenvalue weighted by Gasteiger charge is 2.28. The second-order valence-corrected chi connectivity index (χ2v) is 8.13. The van der Waals surface area contributed by atoms with Gasteiger partial charge in [-0.15, -0.1) is 0 Å². The van der Waals surface area contributed by atoms with Crippen molar-refractivity contribution in [2.75, 3.05) is 31.1 Å². The van der Waals surface area contributed by atoms with Gasteiger partial charge < -0.3 is 4.90 Å². The van der Waals surface area contributed by atoms with E-state index in [0.717, 1.165) is 48.8 Å². The van der Waals surface area contributed by atoms with Gasteiger partial charge >= 0.3 is 0 Å². The van der Waals surface area contributed by atoms with Gasteiger partial charge in [-0.25, -0.2) is 4.98 Å². The van der Waals surface area contributed by atoms with Crippen molar-refractivity contribution < 1.29 is 0 Å². The first-order valence-corrected chi connectivity index (χ1v) is 11.1. The van der Waals surface area contributed by atoms with Crippen LogP contribution in [0, 0.1) is 11.3 Å². The van der Waals surface area contributed by atoms with E-state index in [9.17, 15) is 0 Å². The summed E-state index contributed by atoms with van der Waals surface area (Å²) < 4.78 is 0. The first-order valence-electron chi connectivity index (χ1n) is 11.1. The molecule has 1 atom stereocenters. The smallest absolute Gasteiger partial charge is 0.155 e. The standard InChI is InChI=1S/C26H25N7/c27-11-10-20-6-8-21(9-7-20)24-26(29-13-12-28-24)33-16-14-32(15-17-33)25(23-18-30-31-19-23)22-4-2-1-3-5-22/h1-9,12-13,18-19,25H,10,14-17H2,(H,30,31). The number of benzene rings is 2. The summed E-state index contributed by atoms with van der Waals surface area (Å²) in [5, 5.41) is 16.1. The van der Waals surface area contributed by atoms with Gasteiger partial charge in [-0.3, -0.25) is 15.0 Å². The predicted octanol–water partition coefficient (Wildman–Crippen LogP) is 3.84. The zero-order valence-corrected chi connectivity index (χ0v) is 18.3. The molecule has 1 unspecified atom stereocenters. The maximum Gasteiger partial charge on any atom is 0.155 e. The molecule has 1 aliphatic heterocycles. The molecule has 1 fully saturated rings. The number of nitrogens with one attached hydrogen (secondary N) is 1. The molecule has 2 aromatic heterocycles. The van der Waals surface area contributed by atoms with Gasteiger partial charge in [0.25, 0.3) is 0 Å². The molecule has 33 heavy (non-hydrogen) atoms. The number of anilines is 1. The Morgan fingerprint density at radius 1 is 0.909 bits per heavy atom. The maximum absolute atomic E-state index is 8.93. The largest absolute Gasteiger partial charge is 0.352 e. The second kappa shape index (κ2) is 9.63. The Hall–Kier alpha value is -4.02. The summed E-state index contributed by atoms with van der Waals surface area (Å²) in [6.45, 7) is 3.53. The average Bonchev–Trinajstić information content (AvgIpc) is 3.41. The molecule has 0 bridgehead atoms. The third-order valence-electron chi connectivity index (χ3n) is 6.12. The molecule has 0 aliphatic carbocycles. The minimum Gasteiger partial charge on any atom is -0.352 e. The summed E-state index contributed by atoms with van der Waals surface area (Å²) in [4.78, 5) is 14.2. The van der Waals surface area contributed by atoms with Gasteiger partial charge in [0.1, 0.15) is 5.69 Å².